The third-order valence-corrected chi connectivity index (χ3v) is 4.80. The van der Waals surface area contributed by atoms with Crippen LogP contribution in [-0.4, -0.2) is 17.2 Å². The van der Waals surface area contributed by atoms with Crippen LogP contribution in [0.3, 0.4) is 0 Å². The lowest BCUT2D eigenvalue weighted by Crippen LogP contribution is -2.15. The minimum absolute atomic E-state index is 0.165. The van der Waals surface area contributed by atoms with Gasteiger partial charge in [-0.1, -0.05) is 17.7 Å². The van der Waals surface area contributed by atoms with Crippen LogP contribution in [0.1, 0.15) is 56.3 Å². The molecule has 1 aromatic heterocycles. The van der Waals surface area contributed by atoms with Crippen molar-refractivity contribution in [3.05, 3.63) is 52.5 Å². The van der Waals surface area contributed by atoms with Crippen molar-refractivity contribution in [3.63, 3.8) is 0 Å². The number of carbonyl (C=O) groups excluding carboxylic acids is 1. The molecule has 0 saturated carbocycles. The van der Waals surface area contributed by atoms with Gasteiger partial charge in [0.15, 0.2) is 0 Å². The van der Waals surface area contributed by atoms with E-state index in [0.29, 0.717) is 36.4 Å². The number of furan rings is 1. The smallest absolute Gasteiger partial charge is 0.334 e. The molecule has 2 aliphatic rings. The molecule has 0 unspecified atom stereocenters. The molecule has 128 valence electrons. The van der Waals surface area contributed by atoms with Gasteiger partial charge in [0.25, 0.3) is 0 Å². The standard InChI is InChI=1S/C20H24O4/c1-11(2)17-6-5-14-10-16(24-20(14)22)8-12(3)7-15-9-13(4)19(23-15)18(17)21/h7,9-10,16-18,21H,1,5-6,8H2,2-4H3/b12-7-/t16-,17-,18+/m1/s1. The molecule has 3 heterocycles. The summed E-state index contributed by atoms with van der Waals surface area (Å²) in [5.74, 6) is 0.894. The molecule has 1 aromatic rings. The van der Waals surface area contributed by atoms with Crippen LogP contribution in [0, 0.1) is 12.8 Å². The summed E-state index contributed by atoms with van der Waals surface area (Å²) in [5, 5.41) is 10.8. The van der Waals surface area contributed by atoms with Crippen LogP contribution in [0.5, 0.6) is 0 Å². The van der Waals surface area contributed by atoms with Crippen molar-refractivity contribution >= 4 is 12.0 Å². The number of fused-ring (bicyclic) bond motifs is 3. The molecule has 0 amide bonds. The maximum Gasteiger partial charge on any atom is 0.334 e. The number of esters is 1. The van der Waals surface area contributed by atoms with Crippen molar-refractivity contribution in [1.29, 1.82) is 0 Å². The van der Waals surface area contributed by atoms with E-state index in [0.717, 1.165) is 16.7 Å². The van der Waals surface area contributed by atoms with Gasteiger partial charge in [-0.25, -0.2) is 4.79 Å². The molecule has 3 rings (SSSR count). The lowest BCUT2D eigenvalue weighted by Gasteiger charge is -2.22. The molecule has 0 fully saturated rings. The number of hydrogen-bond donors (Lipinski definition) is 1. The van der Waals surface area contributed by atoms with Gasteiger partial charge in [0.05, 0.1) is 0 Å². The van der Waals surface area contributed by atoms with Crippen LogP contribution < -0.4 is 0 Å². The Morgan fingerprint density at radius 3 is 2.83 bits per heavy atom. The van der Waals surface area contributed by atoms with E-state index in [1.165, 1.54) is 0 Å². The Bertz CT molecular complexity index is 735. The Labute approximate surface area is 142 Å². The van der Waals surface area contributed by atoms with Gasteiger partial charge in [-0.2, -0.15) is 0 Å². The molecule has 0 aliphatic carbocycles. The zero-order valence-electron chi connectivity index (χ0n) is 14.5. The summed E-state index contributed by atoms with van der Waals surface area (Å²) in [6, 6.07) is 1.94. The summed E-state index contributed by atoms with van der Waals surface area (Å²) in [7, 11) is 0. The highest BCUT2D eigenvalue weighted by molar-refractivity contribution is 5.90. The second kappa shape index (κ2) is 6.44. The van der Waals surface area contributed by atoms with E-state index in [1.807, 2.05) is 39.0 Å². The van der Waals surface area contributed by atoms with Crippen LogP contribution in [0.25, 0.3) is 6.08 Å². The van der Waals surface area contributed by atoms with Crippen molar-refractivity contribution in [1.82, 2.24) is 0 Å². The number of aliphatic hydroxyl groups is 1. The van der Waals surface area contributed by atoms with Gasteiger partial charge in [0, 0.05) is 17.9 Å². The van der Waals surface area contributed by atoms with E-state index in [4.69, 9.17) is 9.15 Å². The first-order valence-corrected chi connectivity index (χ1v) is 8.37. The molecule has 2 aliphatic heterocycles. The second-order valence-electron chi connectivity index (χ2n) is 6.96. The largest absolute Gasteiger partial charge is 0.459 e. The third-order valence-electron chi connectivity index (χ3n) is 4.80. The van der Waals surface area contributed by atoms with Gasteiger partial charge in [-0.05, 0) is 57.4 Å². The summed E-state index contributed by atoms with van der Waals surface area (Å²) in [6.07, 6.45) is 4.73. The number of aliphatic hydroxyl groups excluding tert-OH is 1. The third kappa shape index (κ3) is 3.24. The molecule has 0 radical (unpaired) electrons. The fourth-order valence-corrected chi connectivity index (χ4v) is 3.50. The van der Waals surface area contributed by atoms with Gasteiger partial charge in [-0.15, -0.1) is 0 Å². The Hall–Kier alpha value is -2.07. The zero-order valence-corrected chi connectivity index (χ0v) is 14.5. The average molecular weight is 328 g/mol. The van der Waals surface area contributed by atoms with E-state index in [9.17, 15) is 9.90 Å². The van der Waals surface area contributed by atoms with Crippen LogP contribution in [0.2, 0.25) is 0 Å². The van der Waals surface area contributed by atoms with E-state index in [2.05, 4.69) is 6.58 Å². The van der Waals surface area contributed by atoms with Crippen molar-refractivity contribution in [2.75, 3.05) is 0 Å². The van der Waals surface area contributed by atoms with E-state index < -0.39 is 6.10 Å². The predicted molar refractivity (Wildman–Crippen MR) is 92.2 cm³/mol. The van der Waals surface area contributed by atoms with Gasteiger partial charge >= 0.3 is 5.97 Å². The first-order valence-electron chi connectivity index (χ1n) is 8.37. The summed E-state index contributed by atoms with van der Waals surface area (Å²) in [6.45, 7) is 9.84. The van der Waals surface area contributed by atoms with Crippen LogP contribution in [-0.2, 0) is 9.53 Å². The molecule has 0 aromatic carbocycles. The summed E-state index contributed by atoms with van der Waals surface area (Å²) in [5.41, 5.74) is 3.57. The number of aryl methyl sites for hydroxylation is 1. The minimum Gasteiger partial charge on any atom is -0.459 e. The molecule has 0 saturated heterocycles. The maximum absolute atomic E-state index is 12.0. The summed E-state index contributed by atoms with van der Waals surface area (Å²) < 4.78 is 11.3. The molecule has 0 spiro atoms. The number of rotatable bonds is 1. The molecule has 24 heavy (non-hydrogen) atoms. The Morgan fingerprint density at radius 1 is 1.38 bits per heavy atom. The number of carbonyl (C=O) groups is 1. The Morgan fingerprint density at radius 2 is 2.12 bits per heavy atom. The van der Waals surface area contributed by atoms with Crippen LogP contribution in [0.4, 0.5) is 0 Å². The zero-order chi connectivity index (χ0) is 17.4. The Balaban J connectivity index is 2.02. The second-order valence-corrected chi connectivity index (χ2v) is 6.96. The molecule has 4 heteroatoms. The SMILES string of the molecule is C=C(C)[C@H]1CCC2=C[C@@H](C/C(C)=C\c3cc(C)c(o3)[C@H]1O)OC2=O. The van der Waals surface area contributed by atoms with Gasteiger partial charge in [-0.3, -0.25) is 0 Å². The normalized spacial score (nSPS) is 29.5. The number of ether oxygens (including phenoxy) is 1. The molecule has 4 bridgehead atoms. The highest BCUT2D eigenvalue weighted by atomic mass is 16.5. The van der Waals surface area contributed by atoms with Crippen molar-refractivity contribution in [2.24, 2.45) is 5.92 Å². The van der Waals surface area contributed by atoms with E-state index >= 15 is 0 Å². The minimum atomic E-state index is -0.764. The predicted octanol–water partition coefficient (Wildman–Crippen LogP) is 4.25. The lowest BCUT2D eigenvalue weighted by molar-refractivity contribution is -0.139. The number of hydrogen-bond acceptors (Lipinski definition) is 4. The van der Waals surface area contributed by atoms with Crippen molar-refractivity contribution < 1.29 is 19.1 Å². The highest BCUT2D eigenvalue weighted by Crippen LogP contribution is 2.36. The quantitative estimate of drug-likeness (QED) is 0.618. The topological polar surface area (TPSA) is 59.7 Å². The molecule has 1 N–H and O–H groups in total. The molecule has 3 atom stereocenters. The first kappa shape index (κ1) is 16.8. The lowest BCUT2D eigenvalue weighted by atomic mass is 9.87. The summed E-state index contributed by atoms with van der Waals surface area (Å²) in [4.78, 5) is 12.0. The average Bonchev–Trinajstić information content (AvgIpc) is 3.01. The maximum atomic E-state index is 12.0. The van der Waals surface area contributed by atoms with Crippen LogP contribution in [0.15, 0.2) is 39.9 Å². The summed E-state index contributed by atoms with van der Waals surface area (Å²) >= 11 is 0. The molecular weight excluding hydrogens is 304 g/mol. The monoisotopic (exact) mass is 328 g/mol. The fourth-order valence-electron chi connectivity index (χ4n) is 3.50. The van der Waals surface area contributed by atoms with Gasteiger partial charge in [0.2, 0.25) is 0 Å². The van der Waals surface area contributed by atoms with Gasteiger partial charge in [0.1, 0.15) is 23.7 Å². The molecule has 4 nitrogen and oxygen atoms in total. The van der Waals surface area contributed by atoms with E-state index in [1.54, 1.807) is 0 Å². The van der Waals surface area contributed by atoms with Crippen molar-refractivity contribution in [3.8, 4) is 0 Å². The highest BCUT2D eigenvalue weighted by Gasteiger charge is 2.30. The van der Waals surface area contributed by atoms with Crippen LogP contribution >= 0.6 is 0 Å². The fraction of sp³-hybridized carbons (Fsp3) is 0.450. The Kier molecular flexibility index (Phi) is 4.50. The van der Waals surface area contributed by atoms with Gasteiger partial charge < -0.3 is 14.3 Å². The molecular formula is C20H24O4. The van der Waals surface area contributed by atoms with Crippen molar-refractivity contribution in [2.45, 2.75) is 52.2 Å². The first-order chi connectivity index (χ1) is 11.3. The van der Waals surface area contributed by atoms with E-state index in [-0.39, 0.29) is 18.0 Å².